The first-order valence-electron chi connectivity index (χ1n) is 12.0. The van der Waals surface area contributed by atoms with Crippen LogP contribution in [0.15, 0.2) is 61.9 Å². The lowest BCUT2D eigenvalue weighted by molar-refractivity contribution is -0.143. The van der Waals surface area contributed by atoms with Crippen LogP contribution in [0.1, 0.15) is 36.6 Å². The first-order chi connectivity index (χ1) is 18.7. The van der Waals surface area contributed by atoms with Crippen LogP contribution in [0.4, 0.5) is 0 Å². The van der Waals surface area contributed by atoms with E-state index >= 15 is 0 Å². The predicted octanol–water partition coefficient (Wildman–Crippen LogP) is 3.43. The molecule has 204 valence electrons. The van der Waals surface area contributed by atoms with Crippen molar-refractivity contribution >= 4 is 45.3 Å². The SMILES string of the molecule is CCOC(=O)C1=C(C)N=c2s/c(=C/c3cc(Br)c(OCC(=O)OC)c(OC)c3)c(=O)n2[C@@H]1c1ccc(C)cc1. The zero-order valence-electron chi connectivity index (χ0n) is 22.1. The fraction of sp³-hybridized carbons (Fsp3) is 0.286. The van der Waals surface area contributed by atoms with Crippen LogP contribution in [0.25, 0.3) is 6.08 Å². The first-order valence-corrected chi connectivity index (χ1v) is 13.6. The molecule has 0 saturated heterocycles. The van der Waals surface area contributed by atoms with Gasteiger partial charge in [-0.25, -0.2) is 14.6 Å². The Bertz CT molecular complexity index is 1640. The summed E-state index contributed by atoms with van der Waals surface area (Å²) in [5.41, 5.74) is 3.03. The topological polar surface area (TPSA) is 105 Å². The lowest BCUT2D eigenvalue weighted by atomic mass is 9.95. The van der Waals surface area contributed by atoms with E-state index in [9.17, 15) is 14.4 Å². The van der Waals surface area contributed by atoms with Crippen LogP contribution in [0.2, 0.25) is 0 Å². The van der Waals surface area contributed by atoms with Crippen LogP contribution in [0, 0.1) is 6.92 Å². The summed E-state index contributed by atoms with van der Waals surface area (Å²) in [4.78, 5) is 43.4. The van der Waals surface area contributed by atoms with Gasteiger partial charge in [-0.15, -0.1) is 0 Å². The number of ether oxygens (including phenoxy) is 4. The largest absolute Gasteiger partial charge is 0.493 e. The smallest absolute Gasteiger partial charge is 0.343 e. The third kappa shape index (κ3) is 5.84. The number of benzene rings is 2. The van der Waals surface area contributed by atoms with Crippen LogP contribution in [0.5, 0.6) is 11.5 Å². The number of halogens is 1. The van der Waals surface area contributed by atoms with Crippen molar-refractivity contribution in [3.63, 3.8) is 0 Å². The Morgan fingerprint density at radius 3 is 2.51 bits per heavy atom. The Labute approximate surface area is 237 Å². The molecule has 0 spiro atoms. The third-order valence-electron chi connectivity index (χ3n) is 6.02. The Morgan fingerprint density at radius 1 is 1.15 bits per heavy atom. The minimum absolute atomic E-state index is 0.205. The Balaban J connectivity index is 1.85. The number of rotatable bonds is 8. The van der Waals surface area contributed by atoms with Crippen molar-refractivity contribution in [3.05, 3.63) is 88.5 Å². The molecule has 2 heterocycles. The van der Waals surface area contributed by atoms with E-state index in [1.54, 1.807) is 36.6 Å². The standard InChI is InChI=1S/C28H27BrN2O7S/c1-6-37-27(34)23-16(3)30-28-31(24(23)18-9-7-15(2)8-10-18)26(33)21(39-28)13-17-11-19(29)25(20(12-17)35-4)38-14-22(32)36-5/h7-13,24H,6,14H2,1-5H3/b21-13+/t24-/m1/s1. The molecule has 39 heavy (non-hydrogen) atoms. The number of hydrogen-bond donors (Lipinski definition) is 0. The molecule has 0 aliphatic carbocycles. The molecule has 2 aromatic carbocycles. The average molecular weight is 616 g/mol. The number of fused-ring (bicyclic) bond motifs is 1. The molecule has 4 rings (SSSR count). The molecule has 0 saturated carbocycles. The van der Waals surface area contributed by atoms with Gasteiger partial charge in [-0.2, -0.15) is 0 Å². The van der Waals surface area contributed by atoms with Gasteiger partial charge in [0.1, 0.15) is 0 Å². The normalized spacial score (nSPS) is 14.9. The molecule has 0 radical (unpaired) electrons. The summed E-state index contributed by atoms with van der Waals surface area (Å²) in [7, 11) is 2.75. The van der Waals surface area contributed by atoms with Crippen molar-refractivity contribution in [2.24, 2.45) is 4.99 Å². The van der Waals surface area contributed by atoms with Crippen molar-refractivity contribution in [1.29, 1.82) is 0 Å². The lowest BCUT2D eigenvalue weighted by Crippen LogP contribution is -2.39. The second-order valence-corrected chi connectivity index (χ2v) is 10.5. The van der Waals surface area contributed by atoms with Crippen LogP contribution in [-0.2, 0) is 19.1 Å². The van der Waals surface area contributed by atoms with Gasteiger partial charge in [0.25, 0.3) is 5.56 Å². The van der Waals surface area contributed by atoms with Crippen LogP contribution in [0.3, 0.4) is 0 Å². The van der Waals surface area contributed by atoms with Gasteiger partial charge in [0.15, 0.2) is 22.9 Å². The van der Waals surface area contributed by atoms with Gasteiger partial charge < -0.3 is 18.9 Å². The highest BCUT2D eigenvalue weighted by Crippen LogP contribution is 2.37. The number of carbonyl (C=O) groups excluding carboxylic acids is 2. The second-order valence-electron chi connectivity index (χ2n) is 8.61. The number of aryl methyl sites for hydroxylation is 1. The number of aromatic nitrogens is 1. The van der Waals surface area contributed by atoms with Crippen LogP contribution >= 0.6 is 27.3 Å². The molecule has 9 nitrogen and oxygen atoms in total. The number of nitrogens with zero attached hydrogens (tertiary/aromatic N) is 2. The lowest BCUT2D eigenvalue weighted by Gasteiger charge is -2.24. The van der Waals surface area contributed by atoms with Gasteiger partial charge in [0, 0.05) is 0 Å². The average Bonchev–Trinajstić information content (AvgIpc) is 3.21. The molecule has 0 amide bonds. The van der Waals surface area contributed by atoms with E-state index in [-0.39, 0.29) is 18.8 Å². The van der Waals surface area contributed by atoms with Crippen molar-refractivity contribution in [3.8, 4) is 11.5 Å². The summed E-state index contributed by atoms with van der Waals surface area (Å²) in [6.45, 7) is 5.38. The number of carbonyl (C=O) groups is 2. The maximum Gasteiger partial charge on any atom is 0.343 e. The maximum absolute atomic E-state index is 13.8. The van der Waals surface area contributed by atoms with E-state index in [0.717, 1.165) is 11.1 Å². The highest BCUT2D eigenvalue weighted by atomic mass is 79.9. The minimum atomic E-state index is -0.682. The monoisotopic (exact) mass is 614 g/mol. The molecule has 0 unspecified atom stereocenters. The Hall–Kier alpha value is -3.70. The molecular formula is C28H27BrN2O7S. The molecule has 3 aromatic rings. The summed E-state index contributed by atoms with van der Waals surface area (Å²) in [6, 6.07) is 10.5. The second kappa shape index (κ2) is 12.0. The van der Waals surface area contributed by atoms with Crippen molar-refractivity contribution < 1.29 is 28.5 Å². The zero-order chi connectivity index (χ0) is 28.3. The van der Waals surface area contributed by atoms with Gasteiger partial charge >= 0.3 is 11.9 Å². The van der Waals surface area contributed by atoms with Gasteiger partial charge in [0.2, 0.25) is 0 Å². The molecule has 1 aromatic heterocycles. The number of allylic oxidation sites excluding steroid dienone is 1. The van der Waals surface area contributed by atoms with Gasteiger partial charge in [0.05, 0.1) is 47.1 Å². The van der Waals surface area contributed by atoms with E-state index < -0.39 is 18.0 Å². The predicted molar refractivity (Wildman–Crippen MR) is 150 cm³/mol. The summed E-state index contributed by atoms with van der Waals surface area (Å²) in [5, 5.41) is 0. The fourth-order valence-electron chi connectivity index (χ4n) is 4.16. The summed E-state index contributed by atoms with van der Waals surface area (Å²) in [5.74, 6) is -0.342. The van der Waals surface area contributed by atoms with Crippen LogP contribution in [-0.4, -0.2) is 43.9 Å². The highest BCUT2D eigenvalue weighted by Gasteiger charge is 2.33. The molecule has 11 heteroatoms. The van der Waals surface area contributed by atoms with Crippen molar-refractivity contribution in [2.75, 3.05) is 27.4 Å². The summed E-state index contributed by atoms with van der Waals surface area (Å²) < 4.78 is 23.5. The van der Waals surface area contributed by atoms with E-state index in [4.69, 9.17) is 14.2 Å². The molecule has 1 aliphatic heterocycles. The molecule has 0 fully saturated rings. The van der Waals surface area contributed by atoms with E-state index in [1.807, 2.05) is 31.2 Å². The highest BCUT2D eigenvalue weighted by molar-refractivity contribution is 9.10. The van der Waals surface area contributed by atoms with Crippen LogP contribution < -0.4 is 24.4 Å². The first kappa shape index (κ1) is 28.3. The molecule has 0 bridgehead atoms. The van der Waals surface area contributed by atoms with Crippen molar-refractivity contribution in [1.82, 2.24) is 4.57 Å². The summed E-state index contributed by atoms with van der Waals surface area (Å²) >= 11 is 4.68. The third-order valence-corrected chi connectivity index (χ3v) is 7.59. The van der Waals surface area contributed by atoms with E-state index in [0.29, 0.717) is 42.1 Å². The van der Waals surface area contributed by atoms with E-state index in [2.05, 4.69) is 25.7 Å². The van der Waals surface area contributed by atoms with Gasteiger partial charge in [-0.1, -0.05) is 41.2 Å². The number of hydrogen-bond acceptors (Lipinski definition) is 9. The van der Waals surface area contributed by atoms with Crippen molar-refractivity contribution in [2.45, 2.75) is 26.8 Å². The molecule has 1 aliphatic rings. The fourth-order valence-corrected chi connectivity index (χ4v) is 5.78. The number of esters is 2. The number of thiazole rings is 1. The summed E-state index contributed by atoms with van der Waals surface area (Å²) in [6.07, 6.45) is 1.72. The Kier molecular flexibility index (Phi) is 8.71. The van der Waals surface area contributed by atoms with E-state index in [1.165, 1.54) is 25.6 Å². The van der Waals surface area contributed by atoms with Gasteiger partial charge in [-0.3, -0.25) is 9.36 Å². The maximum atomic E-state index is 13.8. The molecule has 1 atom stereocenters. The zero-order valence-corrected chi connectivity index (χ0v) is 24.5. The minimum Gasteiger partial charge on any atom is -0.493 e. The molecular weight excluding hydrogens is 588 g/mol. The molecule has 0 N–H and O–H groups in total. The van der Waals surface area contributed by atoms with Gasteiger partial charge in [-0.05, 0) is 66.0 Å². The Morgan fingerprint density at radius 2 is 1.87 bits per heavy atom. The number of methoxy groups -OCH3 is 2. The quantitative estimate of drug-likeness (QED) is 0.358.